The van der Waals surface area contributed by atoms with E-state index >= 15 is 0 Å². The van der Waals surface area contributed by atoms with Crippen LogP contribution in [0.15, 0.2) is 12.3 Å². The second kappa shape index (κ2) is 5.50. The molecule has 1 aliphatic rings. The summed E-state index contributed by atoms with van der Waals surface area (Å²) in [6.45, 7) is 8.17. The van der Waals surface area contributed by atoms with Gasteiger partial charge in [-0.3, -0.25) is 14.3 Å². The van der Waals surface area contributed by atoms with Gasteiger partial charge in [0.2, 0.25) is 11.8 Å². The summed E-state index contributed by atoms with van der Waals surface area (Å²) in [5, 5.41) is 7.18. The van der Waals surface area contributed by atoms with E-state index in [0.717, 1.165) is 5.69 Å². The maximum absolute atomic E-state index is 12.8. The molecule has 2 heterocycles. The highest BCUT2D eigenvalue weighted by Crippen LogP contribution is 2.26. The summed E-state index contributed by atoms with van der Waals surface area (Å²) in [5.41, 5.74) is 0.486. The van der Waals surface area contributed by atoms with Crippen LogP contribution in [0.2, 0.25) is 0 Å². The molecular weight excluding hydrogens is 268 g/mol. The maximum atomic E-state index is 12.8. The molecular formula is C15H24N4O2. The van der Waals surface area contributed by atoms with Crippen molar-refractivity contribution in [3.8, 4) is 0 Å². The molecule has 0 aromatic carbocycles. The van der Waals surface area contributed by atoms with Gasteiger partial charge >= 0.3 is 0 Å². The summed E-state index contributed by atoms with van der Waals surface area (Å²) in [5.74, 6) is -0.104. The minimum Gasteiger partial charge on any atom is -0.342 e. The van der Waals surface area contributed by atoms with Crippen LogP contribution in [0.5, 0.6) is 0 Å². The number of carbonyl (C=O) groups is 2. The second-order valence-corrected chi connectivity index (χ2v) is 6.68. The van der Waals surface area contributed by atoms with Gasteiger partial charge in [-0.2, -0.15) is 5.10 Å². The average Bonchev–Trinajstić information content (AvgIpc) is 2.78. The van der Waals surface area contributed by atoms with Crippen molar-refractivity contribution in [3.05, 3.63) is 18.0 Å². The molecule has 1 aliphatic heterocycles. The number of hydrogen-bond donors (Lipinski definition) is 1. The molecule has 0 spiro atoms. The van der Waals surface area contributed by atoms with E-state index in [4.69, 9.17) is 0 Å². The van der Waals surface area contributed by atoms with E-state index in [0.29, 0.717) is 13.0 Å². The number of amides is 2. The van der Waals surface area contributed by atoms with Crippen molar-refractivity contribution < 1.29 is 9.59 Å². The first kappa shape index (κ1) is 15.5. The first-order valence-electron chi connectivity index (χ1n) is 7.33. The summed E-state index contributed by atoms with van der Waals surface area (Å²) >= 11 is 0. The molecule has 21 heavy (non-hydrogen) atoms. The minimum atomic E-state index is -0.489. The number of carbonyl (C=O) groups excluding carboxylic acids is 2. The number of nitrogens with one attached hydrogen (secondary N) is 1. The van der Waals surface area contributed by atoms with Crippen LogP contribution in [0, 0.1) is 5.41 Å². The Morgan fingerprint density at radius 1 is 1.33 bits per heavy atom. The molecule has 1 fully saturated rings. The molecule has 2 rings (SSSR count). The van der Waals surface area contributed by atoms with Gasteiger partial charge in [-0.25, -0.2) is 0 Å². The summed E-state index contributed by atoms with van der Waals surface area (Å²) in [6, 6.07) is 0.966. The summed E-state index contributed by atoms with van der Waals surface area (Å²) in [4.78, 5) is 26.7. The predicted octanol–water partition coefficient (Wildman–Crippen LogP) is 1.07. The first-order chi connectivity index (χ1) is 9.74. The van der Waals surface area contributed by atoms with Gasteiger partial charge in [-0.1, -0.05) is 27.7 Å². The highest BCUT2D eigenvalue weighted by molar-refractivity contribution is 5.97. The average molecular weight is 292 g/mol. The molecule has 1 aromatic rings. The third kappa shape index (κ3) is 3.09. The number of aryl methyl sites for hydroxylation is 1. The van der Waals surface area contributed by atoms with E-state index in [2.05, 4.69) is 10.4 Å². The quantitative estimate of drug-likeness (QED) is 0.906. The summed E-state index contributed by atoms with van der Waals surface area (Å²) < 4.78 is 1.70. The summed E-state index contributed by atoms with van der Waals surface area (Å²) in [6.07, 6.45) is 2.44. The lowest BCUT2D eigenvalue weighted by Gasteiger charge is -2.42. The van der Waals surface area contributed by atoms with Gasteiger partial charge in [0.1, 0.15) is 12.1 Å². The standard InChI is InChI=1S/C15H24N4O2/c1-6-11-13(20)16-12(15(2,3)4)14(21)19(11)9-10-7-8-18(5)17-10/h7-8,11-12H,6,9H2,1-5H3,(H,16,20). The molecule has 1 saturated heterocycles. The van der Waals surface area contributed by atoms with Crippen molar-refractivity contribution in [2.45, 2.75) is 52.7 Å². The fraction of sp³-hybridized carbons (Fsp3) is 0.667. The number of nitrogens with zero attached hydrogens (tertiary/aromatic N) is 3. The van der Waals surface area contributed by atoms with Gasteiger partial charge in [0, 0.05) is 13.2 Å². The third-order valence-corrected chi connectivity index (χ3v) is 3.85. The van der Waals surface area contributed by atoms with Gasteiger partial charge in [0.05, 0.1) is 12.2 Å². The van der Waals surface area contributed by atoms with Crippen molar-refractivity contribution in [1.82, 2.24) is 20.0 Å². The molecule has 116 valence electrons. The molecule has 2 amide bonds. The molecule has 6 nitrogen and oxygen atoms in total. The molecule has 1 N–H and O–H groups in total. The minimum absolute atomic E-state index is 0.0281. The van der Waals surface area contributed by atoms with E-state index < -0.39 is 12.1 Å². The molecule has 1 aromatic heterocycles. The largest absolute Gasteiger partial charge is 0.342 e. The maximum Gasteiger partial charge on any atom is 0.246 e. The second-order valence-electron chi connectivity index (χ2n) is 6.68. The van der Waals surface area contributed by atoms with Gasteiger partial charge in [-0.05, 0) is 17.9 Å². The SMILES string of the molecule is CCC1C(=O)NC(C(C)(C)C)C(=O)N1Cc1ccn(C)n1. The van der Waals surface area contributed by atoms with E-state index in [-0.39, 0.29) is 17.2 Å². The monoisotopic (exact) mass is 292 g/mol. The molecule has 0 saturated carbocycles. The zero-order valence-corrected chi connectivity index (χ0v) is 13.4. The Kier molecular flexibility index (Phi) is 4.07. The van der Waals surface area contributed by atoms with Crippen molar-refractivity contribution in [2.75, 3.05) is 0 Å². The van der Waals surface area contributed by atoms with Gasteiger partial charge in [0.25, 0.3) is 0 Å². The van der Waals surface area contributed by atoms with Crippen LogP contribution in [0.1, 0.15) is 39.8 Å². The normalized spacial score (nSPS) is 23.4. The van der Waals surface area contributed by atoms with Gasteiger partial charge < -0.3 is 10.2 Å². The number of aromatic nitrogens is 2. The van der Waals surface area contributed by atoms with Crippen molar-refractivity contribution >= 4 is 11.8 Å². The van der Waals surface area contributed by atoms with E-state index in [1.807, 2.05) is 47.0 Å². The van der Waals surface area contributed by atoms with Crippen molar-refractivity contribution in [1.29, 1.82) is 0 Å². The van der Waals surface area contributed by atoms with Gasteiger partial charge in [0.15, 0.2) is 0 Å². The number of piperazine rings is 1. The third-order valence-electron chi connectivity index (χ3n) is 3.85. The Balaban J connectivity index is 2.28. The smallest absolute Gasteiger partial charge is 0.246 e. The molecule has 0 bridgehead atoms. The van der Waals surface area contributed by atoms with E-state index in [1.54, 1.807) is 9.58 Å². The molecule has 0 aliphatic carbocycles. The molecule has 0 radical (unpaired) electrons. The predicted molar refractivity (Wildman–Crippen MR) is 79.2 cm³/mol. The fourth-order valence-electron chi connectivity index (χ4n) is 2.66. The Morgan fingerprint density at radius 2 is 2.00 bits per heavy atom. The lowest BCUT2D eigenvalue weighted by molar-refractivity contribution is -0.153. The lowest BCUT2D eigenvalue weighted by atomic mass is 9.83. The van der Waals surface area contributed by atoms with E-state index in [1.165, 1.54) is 0 Å². The van der Waals surface area contributed by atoms with Crippen LogP contribution in [-0.4, -0.2) is 38.6 Å². The fourth-order valence-corrected chi connectivity index (χ4v) is 2.66. The lowest BCUT2D eigenvalue weighted by Crippen LogP contribution is -2.66. The number of hydrogen-bond acceptors (Lipinski definition) is 3. The highest BCUT2D eigenvalue weighted by atomic mass is 16.2. The van der Waals surface area contributed by atoms with Crippen LogP contribution in [0.25, 0.3) is 0 Å². The Hall–Kier alpha value is -1.85. The number of rotatable bonds is 3. The molecule has 2 unspecified atom stereocenters. The summed E-state index contributed by atoms with van der Waals surface area (Å²) in [7, 11) is 1.84. The van der Waals surface area contributed by atoms with E-state index in [9.17, 15) is 9.59 Å². The zero-order valence-electron chi connectivity index (χ0n) is 13.4. The zero-order chi connectivity index (χ0) is 15.8. The Morgan fingerprint density at radius 3 is 2.48 bits per heavy atom. The molecule has 2 atom stereocenters. The Bertz CT molecular complexity index is 544. The van der Waals surface area contributed by atoms with Crippen LogP contribution < -0.4 is 5.32 Å². The van der Waals surface area contributed by atoms with Crippen LogP contribution in [0.4, 0.5) is 0 Å². The Labute approximate surface area is 125 Å². The van der Waals surface area contributed by atoms with Crippen molar-refractivity contribution in [2.24, 2.45) is 12.5 Å². The van der Waals surface area contributed by atoms with Crippen LogP contribution >= 0.6 is 0 Å². The van der Waals surface area contributed by atoms with Crippen LogP contribution in [-0.2, 0) is 23.2 Å². The first-order valence-corrected chi connectivity index (χ1v) is 7.33. The highest BCUT2D eigenvalue weighted by Gasteiger charge is 2.44. The van der Waals surface area contributed by atoms with Gasteiger partial charge in [-0.15, -0.1) is 0 Å². The molecule has 6 heteroatoms. The van der Waals surface area contributed by atoms with Crippen LogP contribution in [0.3, 0.4) is 0 Å². The topological polar surface area (TPSA) is 67.2 Å². The van der Waals surface area contributed by atoms with Crippen molar-refractivity contribution in [3.63, 3.8) is 0 Å².